The van der Waals surface area contributed by atoms with E-state index in [9.17, 15) is 9.90 Å². The first-order valence-electron chi connectivity index (χ1n) is 8.76. The van der Waals surface area contributed by atoms with Gasteiger partial charge in [-0.05, 0) is 49.7 Å². The number of hydrogen-bond acceptors (Lipinski definition) is 4. The lowest BCUT2D eigenvalue weighted by molar-refractivity contribution is -0.124. The monoisotopic (exact) mass is 358 g/mol. The Morgan fingerprint density at radius 3 is 2.64 bits per heavy atom. The largest absolute Gasteiger partial charge is 0.393 e. The molecule has 1 unspecified atom stereocenters. The first kappa shape index (κ1) is 18.1. The van der Waals surface area contributed by atoms with Gasteiger partial charge in [-0.25, -0.2) is 0 Å². The molecule has 4 nitrogen and oxygen atoms in total. The number of aliphatic hydroxyl groups excluding tert-OH is 1. The van der Waals surface area contributed by atoms with Gasteiger partial charge in [0, 0.05) is 11.4 Å². The summed E-state index contributed by atoms with van der Waals surface area (Å²) in [6, 6.07) is 12.5. The molecule has 1 heterocycles. The smallest absolute Gasteiger partial charge is 0.234 e. The van der Waals surface area contributed by atoms with Crippen LogP contribution in [-0.4, -0.2) is 35.6 Å². The highest BCUT2D eigenvalue weighted by Crippen LogP contribution is 2.39. The first-order valence-corrected chi connectivity index (χ1v) is 9.64. The molecule has 1 aromatic carbocycles. The zero-order valence-electron chi connectivity index (χ0n) is 14.8. The Bertz CT molecular complexity index is 678. The predicted octanol–water partition coefficient (Wildman–Crippen LogP) is 3.12. The summed E-state index contributed by atoms with van der Waals surface area (Å²) in [4.78, 5) is 15.7. The van der Waals surface area contributed by atoms with E-state index in [2.05, 4.69) is 42.6 Å². The van der Waals surface area contributed by atoms with Gasteiger partial charge in [0.15, 0.2) is 0 Å². The van der Waals surface area contributed by atoms with Gasteiger partial charge in [-0.1, -0.05) is 35.9 Å². The fourth-order valence-corrected chi connectivity index (χ4v) is 4.19. The fourth-order valence-electron chi connectivity index (χ4n) is 3.32. The second-order valence-electron chi connectivity index (χ2n) is 7.10. The Morgan fingerprint density at radius 1 is 1.32 bits per heavy atom. The molecular formula is C20H26N2O2S. The van der Waals surface area contributed by atoms with Crippen molar-refractivity contribution in [2.75, 3.05) is 13.6 Å². The molecule has 1 amide bonds. The van der Waals surface area contributed by atoms with Gasteiger partial charge in [0.1, 0.15) is 0 Å². The normalized spacial score (nSPS) is 21.0. The first-order chi connectivity index (χ1) is 12.0. The lowest BCUT2D eigenvalue weighted by Crippen LogP contribution is -2.43. The molecule has 0 bridgehead atoms. The van der Waals surface area contributed by atoms with E-state index in [1.54, 1.807) is 11.3 Å². The van der Waals surface area contributed by atoms with Crippen LogP contribution in [0.3, 0.4) is 0 Å². The number of benzene rings is 1. The maximum Gasteiger partial charge on any atom is 0.234 e. The number of carbonyl (C=O) groups is 1. The Morgan fingerprint density at radius 2 is 2.04 bits per heavy atom. The van der Waals surface area contributed by atoms with Crippen molar-refractivity contribution in [1.82, 2.24) is 10.2 Å². The molecule has 1 atom stereocenters. The lowest BCUT2D eigenvalue weighted by Gasteiger charge is -2.37. The lowest BCUT2D eigenvalue weighted by atomic mass is 9.77. The standard InChI is InChI=1S/C20H26N2O2S/c1-14-5-7-15(8-6-14)12-22(2)13-19(24)21-20(16-10-17(23)11-16)18-4-3-9-25-18/h3-9,16-17,20,23H,10-13H2,1-2H3,(H,21,24). The molecule has 1 saturated carbocycles. The van der Waals surface area contributed by atoms with Crippen LogP contribution in [0.2, 0.25) is 0 Å². The highest BCUT2D eigenvalue weighted by Gasteiger charge is 2.36. The molecule has 5 heteroatoms. The van der Waals surface area contributed by atoms with Crippen LogP contribution in [-0.2, 0) is 11.3 Å². The number of nitrogens with one attached hydrogen (secondary N) is 1. The number of likely N-dealkylation sites (N-methyl/N-ethyl adjacent to an activating group) is 1. The van der Waals surface area contributed by atoms with Crippen LogP contribution in [0.4, 0.5) is 0 Å². The summed E-state index contributed by atoms with van der Waals surface area (Å²) in [5.41, 5.74) is 2.45. The molecule has 2 aromatic rings. The van der Waals surface area contributed by atoms with Crippen LogP contribution in [0.25, 0.3) is 0 Å². The van der Waals surface area contributed by atoms with Crippen LogP contribution in [0.1, 0.15) is 34.9 Å². The Labute approximate surface area is 153 Å². The van der Waals surface area contributed by atoms with Crippen molar-refractivity contribution in [2.45, 2.75) is 38.5 Å². The molecule has 1 aromatic heterocycles. The van der Waals surface area contributed by atoms with Crippen molar-refractivity contribution in [3.8, 4) is 0 Å². The van der Waals surface area contributed by atoms with E-state index in [1.807, 2.05) is 23.4 Å². The SMILES string of the molecule is Cc1ccc(CN(C)CC(=O)NC(c2cccs2)C2CC(O)C2)cc1. The number of rotatable bonds is 7. The van der Waals surface area contributed by atoms with Crippen LogP contribution >= 0.6 is 11.3 Å². The number of carbonyl (C=O) groups excluding carboxylic acids is 1. The fraction of sp³-hybridized carbons (Fsp3) is 0.450. The number of hydrogen-bond donors (Lipinski definition) is 2. The Hall–Kier alpha value is -1.69. The van der Waals surface area contributed by atoms with E-state index in [-0.39, 0.29) is 18.1 Å². The van der Waals surface area contributed by atoms with Crippen molar-refractivity contribution in [2.24, 2.45) is 5.92 Å². The highest BCUT2D eigenvalue weighted by atomic mass is 32.1. The van der Waals surface area contributed by atoms with E-state index in [1.165, 1.54) is 16.0 Å². The quantitative estimate of drug-likeness (QED) is 0.800. The van der Waals surface area contributed by atoms with E-state index < -0.39 is 0 Å². The molecule has 134 valence electrons. The van der Waals surface area contributed by atoms with Crippen molar-refractivity contribution in [1.29, 1.82) is 0 Å². The Balaban J connectivity index is 1.55. The van der Waals surface area contributed by atoms with Gasteiger partial charge >= 0.3 is 0 Å². The summed E-state index contributed by atoms with van der Waals surface area (Å²) >= 11 is 1.66. The number of nitrogens with zero attached hydrogens (tertiary/aromatic N) is 1. The Kier molecular flexibility index (Phi) is 5.89. The molecule has 3 rings (SSSR count). The van der Waals surface area contributed by atoms with Gasteiger partial charge in [-0.3, -0.25) is 9.69 Å². The maximum absolute atomic E-state index is 12.5. The van der Waals surface area contributed by atoms with Crippen molar-refractivity contribution < 1.29 is 9.90 Å². The van der Waals surface area contributed by atoms with E-state index in [0.29, 0.717) is 12.5 Å². The predicted molar refractivity (Wildman–Crippen MR) is 101 cm³/mol. The minimum atomic E-state index is -0.214. The molecule has 1 aliphatic carbocycles. The van der Waals surface area contributed by atoms with Crippen LogP contribution in [0.5, 0.6) is 0 Å². The third-order valence-electron chi connectivity index (χ3n) is 4.77. The third-order valence-corrected chi connectivity index (χ3v) is 5.73. The summed E-state index contributed by atoms with van der Waals surface area (Å²) < 4.78 is 0. The number of aryl methyl sites for hydroxylation is 1. The van der Waals surface area contributed by atoms with Gasteiger partial charge in [0.25, 0.3) is 0 Å². The second kappa shape index (κ2) is 8.13. The molecule has 1 aliphatic rings. The number of aliphatic hydroxyl groups is 1. The van der Waals surface area contributed by atoms with Gasteiger partial charge in [0.2, 0.25) is 5.91 Å². The highest BCUT2D eigenvalue weighted by molar-refractivity contribution is 7.10. The van der Waals surface area contributed by atoms with Gasteiger partial charge in [0.05, 0.1) is 18.7 Å². The third kappa shape index (κ3) is 4.91. The minimum Gasteiger partial charge on any atom is -0.393 e. The number of amides is 1. The molecule has 0 spiro atoms. The van der Waals surface area contributed by atoms with Gasteiger partial charge in [-0.2, -0.15) is 0 Å². The maximum atomic E-state index is 12.5. The minimum absolute atomic E-state index is 0.0173. The summed E-state index contributed by atoms with van der Waals surface area (Å²) in [7, 11) is 1.96. The summed E-state index contributed by atoms with van der Waals surface area (Å²) in [5.74, 6) is 0.370. The van der Waals surface area contributed by atoms with E-state index in [4.69, 9.17) is 0 Å². The van der Waals surface area contributed by atoms with Crippen molar-refractivity contribution in [3.05, 3.63) is 57.8 Å². The van der Waals surface area contributed by atoms with E-state index in [0.717, 1.165) is 19.4 Å². The average Bonchev–Trinajstić information content (AvgIpc) is 3.06. The zero-order valence-corrected chi connectivity index (χ0v) is 15.6. The molecular weight excluding hydrogens is 332 g/mol. The molecule has 1 fully saturated rings. The topological polar surface area (TPSA) is 52.6 Å². The summed E-state index contributed by atoms with van der Waals surface area (Å²) in [6.45, 7) is 3.19. The molecule has 0 aliphatic heterocycles. The van der Waals surface area contributed by atoms with Crippen LogP contribution in [0, 0.1) is 12.8 Å². The zero-order chi connectivity index (χ0) is 17.8. The van der Waals surface area contributed by atoms with Crippen LogP contribution < -0.4 is 5.32 Å². The molecule has 0 saturated heterocycles. The van der Waals surface area contributed by atoms with Gasteiger partial charge in [-0.15, -0.1) is 11.3 Å². The summed E-state index contributed by atoms with van der Waals surface area (Å²) in [5, 5.41) is 14.8. The van der Waals surface area contributed by atoms with Gasteiger partial charge < -0.3 is 10.4 Å². The summed E-state index contributed by atoms with van der Waals surface area (Å²) in [6.07, 6.45) is 1.32. The number of thiophene rings is 1. The molecule has 0 radical (unpaired) electrons. The molecule has 2 N–H and O–H groups in total. The van der Waals surface area contributed by atoms with Crippen molar-refractivity contribution >= 4 is 17.2 Å². The van der Waals surface area contributed by atoms with Crippen LogP contribution in [0.15, 0.2) is 41.8 Å². The second-order valence-corrected chi connectivity index (χ2v) is 8.08. The van der Waals surface area contributed by atoms with E-state index >= 15 is 0 Å². The molecule has 25 heavy (non-hydrogen) atoms. The van der Waals surface area contributed by atoms with Crippen molar-refractivity contribution in [3.63, 3.8) is 0 Å². The average molecular weight is 359 g/mol.